The quantitative estimate of drug-likeness (QED) is 0.615. The van der Waals surface area contributed by atoms with Crippen LogP contribution in [0.2, 0.25) is 0 Å². The molecule has 2 aromatic carbocycles. The van der Waals surface area contributed by atoms with Crippen molar-refractivity contribution in [3.63, 3.8) is 0 Å². The molecule has 0 aliphatic rings. The standard InChI is InChI=1S/C21H17NO4S/c23-19(18-11-6-12-27-18)15-9-4-5-10-16(15)20(24)22-13-17(21(25)26)14-7-2-1-3-8-14/h1-12,17H,13H2,(H,22,24)(H,25,26)/t17-/m0/s1. The highest BCUT2D eigenvalue weighted by atomic mass is 32.1. The van der Waals surface area contributed by atoms with Crippen LogP contribution in [-0.4, -0.2) is 29.3 Å². The Morgan fingerprint density at radius 1 is 0.889 bits per heavy atom. The minimum absolute atomic E-state index is 0.0697. The van der Waals surface area contributed by atoms with Gasteiger partial charge in [0.1, 0.15) is 0 Å². The van der Waals surface area contributed by atoms with Crippen molar-refractivity contribution in [3.05, 3.63) is 93.7 Å². The minimum atomic E-state index is -1.02. The van der Waals surface area contributed by atoms with Crippen LogP contribution in [0.4, 0.5) is 0 Å². The first kappa shape index (κ1) is 18.5. The zero-order valence-electron chi connectivity index (χ0n) is 14.3. The molecule has 1 aromatic heterocycles. The van der Waals surface area contributed by atoms with E-state index in [2.05, 4.69) is 5.32 Å². The average Bonchev–Trinajstić information content (AvgIpc) is 3.23. The lowest BCUT2D eigenvalue weighted by atomic mass is 9.98. The molecular formula is C21H17NO4S. The second-order valence-corrected chi connectivity index (χ2v) is 6.81. The fraction of sp³-hybridized carbons (Fsp3) is 0.0952. The molecule has 6 heteroatoms. The summed E-state index contributed by atoms with van der Waals surface area (Å²) in [5.41, 5.74) is 1.13. The fourth-order valence-electron chi connectivity index (χ4n) is 2.74. The number of hydrogen-bond donors (Lipinski definition) is 2. The first-order valence-corrected chi connectivity index (χ1v) is 9.19. The van der Waals surface area contributed by atoms with Gasteiger partial charge in [-0.25, -0.2) is 0 Å². The van der Waals surface area contributed by atoms with Crippen molar-refractivity contribution in [2.45, 2.75) is 5.92 Å². The molecule has 0 saturated carbocycles. The van der Waals surface area contributed by atoms with Gasteiger partial charge in [0.2, 0.25) is 5.78 Å². The number of benzene rings is 2. The number of carboxylic acid groups (broad SMARTS) is 1. The van der Waals surface area contributed by atoms with Crippen LogP contribution in [0.1, 0.15) is 37.1 Å². The summed E-state index contributed by atoms with van der Waals surface area (Å²) in [4.78, 5) is 37.4. The predicted octanol–water partition coefficient (Wildman–Crippen LogP) is 3.58. The Hall–Kier alpha value is -3.25. The molecular weight excluding hydrogens is 362 g/mol. The first-order chi connectivity index (χ1) is 13.1. The number of aliphatic carboxylic acids is 1. The number of ketones is 1. The summed E-state index contributed by atoms with van der Waals surface area (Å²) in [6.07, 6.45) is 0. The Bertz CT molecular complexity index is 951. The van der Waals surface area contributed by atoms with E-state index >= 15 is 0 Å². The molecule has 3 rings (SSSR count). The fourth-order valence-corrected chi connectivity index (χ4v) is 3.42. The Labute approximate surface area is 160 Å². The van der Waals surface area contributed by atoms with Crippen LogP contribution in [0.25, 0.3) is 0 Å². The molecule has 0 unspecified atom stereocenters. The molecule has 0 fully saturated rings. The summed E-state index contributed by atoms with van der Waals surface area (Å²) in [5, 5.41) is 13.9. The summed E-state index contributed by atoms with van der Waals surface area (Å²) in [6, 6.07) is 18.7. The molecule has 1 atom stereocenters. The van der Waals surface area contributed by atoms with Crippen LogP contribution in [0.3, 0.4) is 0 Å². The molecule has 1 heterocycles. The van der Waals surface area contributed by atoms with E-state index in [1.165, 1.54) is 11.3 Å². The third kappa shape index (κ3) is 4.30. The number of thiophene rings is 1. The van der Waals surface area contributed by atoms with Gasteiger partial charge in [-0.1, -0.05) is 54.6 Å². The van der Waals surface area contributed by atoms with Crippen LogP contribution in [0.15, 0.2) is 72.1 Å². The van der Waals surface area contributed by atoms with Gasteiger partial charge in [0, 0.05) is 12.1 Å². The molecule has 3 aromatic rings. The van der Waals surface area contributed by atoms with Crippen molar-refractivity contribution in [1.82, 2.24) is 5.32 Å². The van der Waals surface area contributed by atoms with Gasteiger partial charge >= 0.3 is 5.97 Å². The smallest absolute Gasteiger partial charge is 0.312 e. The molecule has 0 saturated heterocycles. The highest BCUT2D eigenvalue weighted by Crippen LogP contribution is 2.19. The lowest BCUT2D eigenvalue weighted by Gasteiger charge is -2.15. The van der Waals surface area contributed by atoms with Crippen molar-refractivity contribution < 1.29 is 19.5 Å². The van der Waals surface area contributed by atoms with E-state index in [1.807, 2.05) is 0 Å². The topological polar surface area (TPSA) is 83.5 Å². The van der Waals surface area contributed by atoms with Crippen molar-refractivity contribution in [1.29, 1.82) is 0 Å². The van der Waals surface area contributed by atoms with Gasteiger partial charge in [-0.05, 0) is 23.1 Å². The van der Waals surface area contributed by atoms with Crippen molar-refractivity contribution in [2.24, 2.45) is 0 Å². The lowest BCUT2D eigenvalue weighted by molar-refractivity contribution is -0.138. The van der Waals surface area contributed by atoms with E-state index in [-0.39, 0.29) is 17.9 Å². The molecule has 2 N–H and O–H groups in total. The van der Waals surface area contributed by atoms with Crippen LogP contribution >= 0.6 is 11.3 Å². The maximum atomic E-state index is 12.6. The Kier molecular flexibility index (Phi) is 5.78. The van der Waals surface area contributed by atoms with Crippen LogP contribution in [0.5, 0.6) is 0 Å². The Morgan fingerprint density at radius 3 is 2.19 bits per heavy atom. The summed E-state index contributed by atoms with van der Waals surface area (Å²) in [5.74, 6) is -2.59. The van der Waals surface area contributed by atoms with Gasteiger partial charge in [-0.15, -0.1) is 11.3 Å². The maximum absolute atomic E-state index is 12.6. The predicted molar refractivity (Wildman–Crippen MR) is 103 cm³/mol. The zero-order chi connectivity index (χ0) is 19.2. The number of carboxylic acids is 1. The zero-order valence-corrected chi connectivity index (χ0v) is 15.1. The lowest BCUT2D eigenvalue weighted by Crippen LogP contribution is -2.32. The van der Waals surface area contributed by atoms with Gasteiger partial charge < -0.3 is 10.4 Å². The van der Waals surface area contributed by atoms with E-state index in [9.17, 15) is 19.5 Å². The third-order valence-electron chi connectivity index (χ3n) is 4.13. The summed E-state index contributed by atoms with van der Waals surface area (Å²) >= 11 is 1.31. The SMILES string of the molecule is O=C(NC[C@H](C(=O)O)c1ccccc1)c1ccccc1C(=O)c1cccs1. The molecule has 0 spiro atoms. The Balaban J connectivity index is 1.79. The number of nitrogens with one attached hydrogen (secondary N) is 1. The highest BCUT2D eigenvalue weighted by molar-refractivity contribution is 7.12. The number of carbonyl (C=O) groups is 3. The average molecular weight is 379 g/mol. The van der Waals surface area contributed by atoms with E-state index in [0.29, 0.717) is 16.0 Å². The highest BCUT2D eigenvalue weighted by Gasteiger charge is 2.23. The molecule has 27 heavy (non-hydrogen) atoms. The van der Waals surface area contributed by atoms with Crippen LogP contribution < -0.4 is 5.32 Å². The van der Waals surface area contributed by atoms with Crippen molar-refractivity contribution in [3.8, 4) is 0 Å². The van der Waals surface area contributed by atoms with Gasteiger partial charge in [0.25, 0.3) is 5.91 Å². The second-order valence-electron chi connectivity index (χ2n) is 5.86. The van der Waals surface area contributed by atoms with Crippen LogP contribution in [-0.2, 0) is 4.79 Å². The number of amides is 1. The van der Waals surface area contributed by atoms with E-state index in [4.69, 9.17) is 0 Å². The molecule has 0 aliphatic heterocycles. The minimum Gasteiger partial charge on any atom is -0.481 e. The van der Waals surface area contributed by atoms with Gasteiger partial charge in [0.05, 0.1) is 16.4 Å². The molecule has 136 valence electrons. The summed E-state index contributed by atoms with van der Waals surface area (Å²) < 4.78 is 0. The molecule has 0 bridgehead atoms. The molecule has 5 nitrogen and oxygen atoms in total. The molecule has 1 amide bonds. The molecule has 0 aliphatic carbocycles. The van der Waals surface area contributed by atoms with Crippen molar-refractivity contribution >= 4 is 29.0 Å². The summed E-state index contributed by atoms with van der Waals surface area (Å²) in [7, 11) is 0. The summed E-state index contributed by atoms with van der Waals surface area (Å²) in [6.45, 7) is -0.0697. The third-order valence-corrected chi connectivity index (χ3v) is 5.00. The second kappa shape index (κ2) is 8.42. The largest absolute Gasteiger partial charge is 0.481 e. The van der Waals surface area contributed by atoms with E-state index in [0.717, 1.165) is 0 Å². The normalized spacial score (nSPS) is 11.6. The number of rotatable bonds is 7. The number of carbonyl (C=O) groups excluding carboxylic acids is 2. The van der Waals surface area contributed by atoms with Crippen LogP contribution in [0, 0.1) is 0 Å². The van der Waals surface area contributed by atoms with E-state index in [1.54, 1.807) is 72.1 Å². The van der Waals surface area contributed by atoms with Gasteiger partial charge in [-0.3, -0.25) is 14.4 Å². The van der Waals surface area contributed by atoms with Crippen molar-refractivity contribution in [2.75, 3.05) is 6.54 Å². The van der Waals surface area contributed by atoms with E-state index < -0.39 is 17.8 Å². The molecule has 0 radical (unpaired) electrons. The number of hydrogen-bond acceptors (Lipinski definition) is 4. The first-order valence-electron chi connectivity index (χ1n) is 8.31. The van der Waals surface area contributed by atoms with Gasteiger partial charge in [-0.2, -0.15) is 0 Å². The maximum Gasteiger partial charge on any atom is 0.312 e. The monoisotopic (exact) mass is 379 g/mol. The Morgan fingerprint density at radius 2 is 1.56 bits per heavy atom. The van der Waals surface area contributed by atoms with Gasteiger partial charge in [0.15, 0.2) is 0 Å².